The van der Waals surface area contributed by atoms with Gasteiger partial charge in [-0.2, -0.15) is 8.42 Å². The summed E-state index contributed by atoms with van der Waals surface area (Å²) in [6, 6.07) is 13.3. The first-order valence-electron chi connectivity index (χ1n) is 7.46. The number of ether oxygens (including phenoxy) is 1. The lowest BCUT2D eigenvalue weighted by Crippen LogP contribution is -2.13. The first-order valence-corrected chi connectivity index (χ1v) is 8.84. The molecule has 2 N–H and O–H groups in total. The van der Waals surface area contributed by atoms with E-state index in [0.717, 1.165) is 17.5 Å². The Labute approximate surface area is 149 Å². The maximum absolute atomic E-state index is 13.2. The highest BCUT2D eigenvalue weighted by Gasteiger charge is 2.19. The van der Waals surface area contributed by atoms with Crippen LogP contribution in [0.5, 0.6) is 11.5 Å². The van der Waals surface area contributed by atoms with E-state index in [-0.39, 0.29) is 22.7 Å². The van der Waals surface area contributed by atoms with Crippen molar-refractivity contribution in [2.45, 2.75) is 4.90 Å². The van der Waals surface area contributed by atoms with Gasteiger partial charge in [-0.15, -0.1) is 3.89 Å². The molecule has 6 nitrogen and oxygen atoms in total. The molecule has 8 heteroatoms. The Hall–Kier alpha value is -3.13. The number of methoxy groups -OCH3 is 1. The van der Waals surface area contributed by atoms with E-state index >= 15 is 0 Å². The van der Waals surface area contributed by atoms with E-state index in [2.05, 4.69) is 5.32 Å². The van der Waals surface area contributed by atoms with Crippen LogP contribution in [0.4, 0.5) is 9.57 Å². The largest absolute Gasteiger partial charge is 0.506 e. The van der Waals surface area contributed by atoms with E-state index in [4.69, 9.17) is 4.74 Å². The average molecular weight is 375 g/mol. The second-order valence-electron chi connectivity index (χ2n) is 5.44. The van der Waals surface area contributed by atoms with Crippen molar-refractivity contribution in [2.75, 3.05) is 12.4 Å². The van der Waals surface area contributed by atoms with Gasteiger partial charge in [0.15, 0.2) is 0 Å². The molecule has 0 aliphatic carbocycles. The van der Waals surface area contributed by atoms with Crippen LogP contribution >= 0.6 is 0 Å². The summed E-state index contributed by atoms with van der Waals surface area (Å²) in [5, 5.41) is 14.0. The van der Waals surface area contributed by atoms with Crippen LogP contribution in [-0.4, -0.2) is 26.5 Å². The third-order valence-corrected chi connectivity index (χ3v) is 4.66. The Balaban J connectivity index is 2.01. The van der Waals surface area contributed by atoms with Gasteiger partial charge in [-0.05, 0) is 29.7 Å². The van der Waals surface area contributed by atoms with Gasteiger partial charge in [0, 0.05) is 5.39 Å². The van der Waals surface area contributed by atoms with Gasteiger partial charge in [-0.25, -0.2) is 0 Å². The van der Waals surface area contributed by atoms with Crippen molar-refractivity contribution in [2.24, 2.45) is 0 Å². The first kappa shape index (κ1) is 17.7. The Morgan fingerprint density at radius 1 is 1.12 bits per heavy atom. The van der Waals surface area contributed by atoms with Gasteiger partial charge < -0.3 is 15.2 Å². The van der Waals surface area contributed by atoms with Gasteiger partial charge in [0.05, 0.1) is 18.4 Å². The minimum Gasteiger partial charge on any atom is -0.506 e. The van der Waals surface area contributed by atoms with E-state index in [1.165, 1.54) is 19.2 Å². The predicted molar refractivity (Wildman–Crippen MR) is 94.9 cm³/mol. The number of carbonyl (C=O) groups is 1. The lowest BCUT2D eigenvalue weighted by molar-refractivity contribution is 0.102. The molecule has 3 aromatic rings. The number of fused-ring (bicyclic) bond motifs is 1. The number of carbonyl (C=O) groups excluding carboxylic acids is 1. The molecule has 0 heterocycles. The number of hydrogen-bond acceptors (Lipinski definition) is 5. The van der Waals surface area contributed by atoms with Crippen molar-refractivity contribution >= 4 is 32.6 Å². The zero-order valence-electron chi connectivity index (χ0n) is 13.6. The van der Waals surface area contributed by atoms with Crippen LogP contribution in [0.15, 0.2) is 59.5 Å². The van der Waals surface area contributed by atoms with E-state index in [0.29, 0.717) is 5.39 Å². The highest BCUT2D eigenvalue weighted by molar-refractivity contribution is 7.86. The number of amides is 1. The number of halogens is 1. The van der Waals surface area contributed by atoms with Crippen molar-refractivity contribution in [3.63, 3.8) is 0 Å². The second-order valence-corrected chi connectivity index (χ2v) is 6.78. The number of rotatable bonds is 4. The molecule has 3 aromatic carbocycles. The second kappa shape index (κ2) is 6.64. The highest BCUT2D eigenvalue weighted by Crippen LogP contribution is 2.32. The Bertz CT molecular complexity index is 1110. The molecule has 0 atom stereocenters. The average Bonchev–Trinajstić information content (AvgIpc) is 2.61. The highest BCUT2D eigenvalue weighted by atomic mass is 32.3. The van der Waals surface area contributed by atoms with Crippen molar-refractivity contribution in [1.82, 2.24) is 0 Å². The fraction of sp³-hybridized carbons (Fsp3) is 0.0556. The minimum absolute atomic E-state index is 0.0146. The van der Waals surface area contributed by atoms with Gasteiger partial charge in [-0.1, -0.05) is 30.3 Å². The summed E-state index contributed by atoms with van der Waals surface area (Å²) >= 11 is 0. The van der Waals surface area contributed by atoms with Crippen molar-refractivity contribution in [1.29, 1.82) is 0 Å². The molecular formula is C18H14FNO5S. The standard InChI is InChI=1S/C18H14FNO5S/c1-25-16-9-7-12(26(19,23)24)10-15(16)20-18(22)14-8-6-11-4-2-3-5-13(11)17(14)21/h2-10,21H,1H3,(H,20,22). The summed E-state index contributed by atoms with van der Waals surface area (Å²) in [6.07, 6.45) is 0. The van der Waals surface area contributed by atoms with E-state index in [1.807, 2.05) is 0 Å². The molecule has 0 fully saturated rings. The summed E-state index contributed by atoms with van der Waals surface area (Å²) in [4.78, 5) is 11.9. The minimum atomic E-state index is -4.94. The molecule has 134 valence electrons. The maximum atomic E-state index is 13.2. The van der Waals surface area contributed by atoms with Crippen molar-refractivity contribution in [3.8, 4) is 11.5 Å². The third kappa shape index (κ3) is 3.31. The Morgan fingerprint density at radius 3 is 2.54 bits per heavy atom. The molecule has 3 rings (SSSR count). The van der Waals surface area contributed by atoms with Crippen LogP contribution in [0.2, 0.25) is 0 Å². The quantitative estimate of drug-likeness (QED) is 0.681. The van der Waals surface area contributed by atoms with Crippen LogP contribution in [0.1, 0.15) is 10.4 Å². The SMILES string of the molecule is COc1ccc(S(=O)(=O)F)cc1NC(=O)c1ccc2ccccc2c1O. The molecule has 0 saturated carbocycles. The number of phenols is 1. The molecule has 0 bridgehead atoms. The summed E-state index contributed by atoms with van der Waals surface area (Å²) in [6.45, 7) is 0. The smallest absolute Gasteiger partial charge is 0.332 e. The number of aromatic hydroxyl groups is 1. The number of hydrogen-bond donors (Lipinski definition) is 2. The molecular weight excluding hydrogens is 361 g/mol. The van der Waals surface area contributed by atoms with Gasteiger partial charge in [0.25, 0.3) is 5.91 Å². The maximum Gasteiger partial charge on any atom is 0.332 e. The lowest BCUT2D eigenvalue weighted by Gasteiger charge is -2.12. The molecule has 0 aliphatic heterocycles. The molecule has 0 spiro atoms. The van der Waals surface area contributed by atoms with Gasteiger partial charge in [-0.3, -0.25) is 4.79 Å². The fourth-order valence-electron chi connectivity index (χ4n) is 2.56. The van der Waals surface area contributed by atoms with Crippen LogP contribution < -0.4 is 10.1 Å². The normalized spacial score (nSPS) is 11.3. The predicted octanol–water partition coefficient (Wildman–Crippen LogP) is 3.46. The molecule has 0 saturated heterocycles. The molecule has 0 unspecified atom stereocenters. The summed E-state index contributed by atoms with van der Waals surface area (Å²) in [5.41, 5.74) is -0.0527. The lowest BCUT2D eigenvalue weighted by atomic mass is 10.0. The number of anilines is 1. The Morgan fingerprint density at radius 2 is 1.85 bits per heavy atom. The van der Waals surface area contributed by atoms with Crippen LogP contribution in [-0.2, 0) is 10.2 Å². The Kier molecular flexibility index (Phi) is 4.52. The topological polar surface area (TPSA) is 92.7 Å². The molecule has 0 aliphatic rings. The zero-order chi connectivity index (χ0) is 18.9. The van der Waals surface area contributed by atoms with Gasteiger partial charge in [0.2, 0.25) is 0 Å². The van der Waals surface area contributed by atoms with Gasteiger partial charge >= 0.3 is 10.2 Å². The molecule has 26 heavy (non-hydrogen) atoms. The van der Waals surface area contributed by atoms with Crippen molar-refractivity contribution in [3.05, 3.63) is 60.2 Å². The van der Waals surface area contributed by atoms with Gasteiger partial charge in [0.1, 0.15) is 16.4 Å². The van der Waals surface area contributed by atoms with E-state index < -0.39 is 21.0 Å². The fourth-order valence-corrected chi connectivity index (χ4v) is 3.05. The number of phenolic OH excluding ortho intramolecular Hbond substituents is 1. The first-order chi connectivity index (χ1) is 12.3. The van der Waals surface area contributed by atoms with Crippen molar-refractivity contribution < 1.29 is 26.9 Å². The summed E-state index contributed by atoms with van der Waals surface area (Å²) in [5.74, 6) is -0.764. The van der Waals surface area contributed by atoms with Crippen LogP contribution in [0.3, 0.4) is 0 Å². The third-order valence-electron chi connectivity index (χ3n) is 3.85. The number of nitrogens with one attached hydrogen (secondary N) is 1. The van der Waals surface area contributed by atoms with Crippen LogP contribution in [0.25, 0.3) is 10.8 Å². The van der Waals surface area contributed by atoms with Crippen LogP contribution in [0, 0.1) is 0 Å². The number of benzene rings is 3. The molecule has 0 aromatic heterocycles. The monoisotopic (exact) mass is 375 g/mol. The summed E-state index contributed by atoms with van der Waals surface area (Å²) in [7, 11) is -3.62. The molecule has 0 radical (unpaired) electrons. The zero-order valence-corrected chi connectivity index (χ0v) is 14.4. The van der Waals surface area contributed by atoms with E-state index in [1.54, 1.807) is 30.3 Å². The molecule has 1 amide bonds. The summed E-state index contributed by atoms with van der Waals surface area (Å²) < 4.78 is 40.4. The van der Waals surface area contributed by atoms with E-state index in [9.17, 15) is 22.2 Å².